The van der Waals surface area contributed by atoms with E-state index in [0.29, 0.717) is 17.2 Å². The molecule has 7 heteroatoms. The molecule has 0 saturated carbocycles. The molecule has 4 rings (SSSR count). The van der Waals surface area contributed by atoms with Gasteiger partial charge in [0.05, 0.1) is 26.3 Å². The lowest BCUT2D eigenvalue weighted by molar-refractivity contribution is -1.02. The first kappa shape index (κ1) is 20.4. The average molecular weight is 412 g/mol. The zero-order chi connectivity index (χ0) is 21.1. The number of benzene rings is 2. The van der Waals surface area contributed by atoms with Crippen molar-refractivity contribution in [3.8, 4) is 11.5 Å². The van der Waals surface area contributed by atoms with Crippen molar-refractivity contribution in [3.63, 3.8) is 0 Å². The van der Waals surface area contributed by atoms with E-state index in [0.717, 1.165) is 32.7 Å². The van der Waals surface area contributed by atoms with E-state index >= 15 is 0 Å². The Kier molecular flexibility index (Phi) is 6.01. The molecule has 0 radical (unpaired) electrons. The van der Waals surface area contributed by atoms with E-state index in [-0.39, 0.29) is 24.3 Å². The highest BCUT2D eigenvalue weighted by atomic mass is 16.5. The van der Waals surface area contributed by atoms with Crippen molar-refractivity contribution >= 4 is 17.5 Å². The number of ether oxygens (including phenoxy) is 2. The fraction of sp³-hybridized carbons (Fsp3) is 0.391. The fourth-order valence-corrected chi connectivity index (χ4v) is 4.51. The molecule has 1 atom stereocenters. The van der Waals surface area contributed by atoms with E-state index in [1.54, 1.807) is 25.3 Å². The number of carbonyl (C=O) groups excluding carboxylic acids is 2. The van der Waals surface area contributed by atoms with Gasteiger partial charge in [-0.05, 0) is 12.1 Å². The molecule has 0 spiro atoms. The van der Waals surface area contributed by atoms with Crippen LogP contribution in [0.5, 0.6) is 11.5 Å². The number of amides is 2. The number of imide groups is 1. The lowest BCUT2D eigenvalue weighted by atomic mass is 10.1. The first-order valence-electron chi connectivity index (χ1n) is 10.4. The molecule has 30 heavy (non-hydrogen) atoms. The summed E-state index contributed by atoms with van der Waals surface area (Å²) in [6, 6.07) is 15.3. The second-order valence-electron chi connectivity index (χ2n) is 7.93. The van der Waals surface area contributed by atoms with E-state index in [2.05, 4.69) is 24.3 Å². The Morgan fingerprint density at radius 2 is 1.70 bits per heavy atom. The number of methoxy groups -OCH3 is 2. The van der Waals surface area contributed by atoms with Gasteiger partial charge in [-0.2, -0.15) is 0 Å². The lowest BCUT2D eigenvalue weighted by Gasteiger charge is -2.32. The summed E-state index contributed by atoms with van der Waals surface area (Å²) < 4.78 is 10.7. The molecule has 158 valence electrons. The molecule has 2 aliphatic heterocycles. The maximum absolute atomic E-state index is 13.2. The number of hydrogen-bond acceptors (Lipinski definition) is 4. The summed E-state index contributed by atoms with van der Waals surface area (Å²) >= 11 is 0. The number of quaternary nitrogens is 2. The van der Waals surface area contributed by atoms with E-state index in [1.807, 2.05) is 6.07 Å². The zero-order valence-corrected chi connectivity index (χ0v) is 17.5. The number of nitrogens with one attached hydrogen (secondary N) is 2. The second-order valence-corrected chi connectivity index (χ2v) is 7.93. The maximum atomic E-state index is 13.2. The molecule has 2 N–H and O–H groups in total. The van der Waals surface area contributed by atoms with Crippen LogP contribution < -0.4 is 24.2 Å². The molecule has 2 aliphatic rings. The van der Waals surface area contributed by atoms with Crippen LogP contribution in [0, 0.1) is 0 Å². The largest absolute Gasteiger partial charge is 0.497 e. The molecule has 2 aromatic rings. The van der Waals surface area contributed by atoms with E-state index in [9.17, 15) is 9.59 Å². The van der Waals surface area contributed by atoms with Gasteiger partial charge in [0.15, 0.2) is 6.04 Å². The smallest absolute Gasteiger partial charge is 0.292 e. The predicted octanol–water partition coefficient (Wildman–Crippen LogP) is -0.681. The number of nitrogens with zero attached hydrogens (tertiary/aromatic N) is 1. The summed E-state index contributed by atoms with van der Waals surface area (Å²) in [7, 11) is 3.09. The second kappa shape index (κ2) is 8.85. The van der Waals surface area contributed by atoms with Crippen LogP contribution in [0.4, 0.5) is 5.69 Å². The average Bonchev–Trinajstić information content (AvgIpc) is 3.08. The zero-order valence-electron chi connectivity index (χ0n) is 17.5. The van der Waals surface area contributed by atoms with Crippen LogP contribution in [0.2, 0.25) is 0 Å². The Hall–Kier alpha value is -2.90. The molecule has 2 amide bonds. The van der Waals surface area contributed by atoms with Crippen LogP contribution >= 0.6 is 0 Å². The molecule has 0 unspecified atom stereocenters. The lowest BCUT2D eigenvalue weighted by Crippen LogP contribution is -3.29. The van der Waals surface area contributed by atoms with Crippen LogP contribution in [0.25, 0.3) is 0 Å². The van der Waals surface area contributed by atoms with Gasteiger partial charge in [0, 0.05) is 11.6 Å². The minimum atomic E-state index is -0.327. The van der Waals surface area contributed by atoms with Gasteiger partial charge in [-0.25, -0.2) is 4.90 Å². The van der Waals surface area contributed by atoms with Crippen molar-refractivity contribution in [1.29, 1.82) is 0 Å². The molecule has 7 nitrogen and oxygen atoms in total. The first-order chi connectivity index (χ1) is 14.6. The van der Waals surface area contributed by atoms with E-state index in [4.69, 9.17) is 9.47 Å². The molecule has 0 bridgehead atoms. The van der Waals surface area contributed by atoms with Crippen molar-refractivity contribution in [1.82, 2.24) is 0 Å². The molecular weight excluding hydrogens is 382 g/mol. The van der Waals surface area contributed by atoms with Crippen molar-refractivity contribution in [3.05, 3.63) is 54.1 Å². The van der Waals surface area contributed by atoms with Gasteiger partial charge >= 0.3 is 0 Å². The van der Waals surface area contributed by atoms with E-state index < -0.39 is 0 Å². The molecule has 0 aliphatic carbocycles. The van der Waals surface area contributed by atoms with Gasteiger partial charge < -0.3 is 19.3 Å². The quantitative estimate of drug-likeness (QED) is 0.619. The first-order valence-corrected chi connectivity index (χ1v) is 10.4. The number of piperazine rings is 1. The van der Waals surface area contributed by atoms with Gasteiger partial charge in [0.25, 0.3) is 5.91 Å². The summed E-state index contributed by atoms with van der Waals surface area (Å²) in [6.45, 7) is 4.75. The van der Waals surface area contributed by atoms with Gasteiger partial charge in [0.1, 0.15) is 44.2 Å². The third-order valence-corrected chi connectivity index (χ3v) is 6.16. The molecule has 2 fully saturated rings. The van der Waals surface area contributed by atoms with Crippen LogP contribution in [-0.2, 0) is 16.1 Å². The Morgan fingerprint density at radius 3 is 2.37 bits per heavy atom. The summed E-state index contributed by atoms with van der Waals surface area (Å²) in [5.41, 5.74) is 1.79. The number of rotatable bonds is 6. The molecule has 2 aromatic carbocycles. The third kappa shape index (κ3) is 4.04. The minimum absolute atomic E-state index is 0.145. The molecule has 0 aromatic heterocycles. The summed E-state index contributed by atoms with van der Waals surface area (Å²) in [5, 5.41) is 0. The Balaban J connectivity index is 1.44. The van der Waals surface area contributed by atoms with Crippen LogP contribution in [0.15, 0.2) is 48.5 Å². The minimum Gasteiger partial charge on any atom is -0.497 e. The summed E-state index contributed by atoms with van der Waals surface area (Å²) in [5.74, 6) is 0.752. The predicted molar refractivity (Wildman–Crippen MR) is 112 cm³/mol. The normalized spacial score (nSPS) is 24.2. The van der Waals surface area contributed by atoms with Crippen LogP contribution in [-0.4, -0.2) is 58.3 Å². The molecule has 2 heterocycles. The number of carbonyl (C=O) groups is 2. The number of hydrogen-bond donors (Lipinski definition) is 2. The van der Waals surface area contributed by atoms with Gasteiger partial charge in [0.2, 0.25) is 5.91 Å². The van der Waals surface area contributed by atoms with Crippen molar-refractivity contribution in [2.45, 2.75) is 19.0 Å². The van der Waals surface area contributed by atoms with Crippen LogP contribution in [0.3, 0.4) is 0 Å². The highest BCUT2D eigenvalue weighted by Crippen LogP contribution is 2.35. The van der Waals surface area contributed by atoms with Gasteiger partial charge in [-0.1, -0.05) is 30.3 Å². The van der Waals surface area contributed by atoms with Crippen molar-refractivity contribution in [2.75, 3.05) is 45.3 Å². The summed E-state index contributed by atoms with van der Waals surface area (Å²) in [6.07, 6.45) is 0.239. The van der Waals surface area contributed by atoms with E-state index in [1.165, 1.54) is 27.4 Å². The molecular formula is C23H29N3O4+2. The highest BCUT2D eigenvalue weighted by Gasteiger charge is 2.47. The SMILES string of the molecule is COc1ccc(OC)c(N2C(=O)C[C@H]([NH+]3CC[NH+](Cc4ccccc4)CC3)C2=O)c1. The Morgan fingerprint density at radius 1 is 0.967 bits per heavy atom. The highest BCUT2D eigenvalue weighted by molar-refractivity contribution is 6.22. The Bertz CT molecular complexity index is 910. The van der Waals surface area contributed by atoms with Gasteiger partial charge in [-0.15, -0.1) is 0 Å². The summed E-state index contributed by atoms with van der Waals surface area (Å²) in [4.78, 5) is 30.0. The maximum Gasteiger partial charge on any atom is 0.292 e. The monoisotopic (exact) mass is 411 g/mol. The van der Waals surface area contributed by atoms with Crippen molar-refractivity contribution < 1.29 is 28.9 Å². The topological polar surface area (TPSA) is 64.7 Å². The fourth-order valence-electron chi connectivity index (χ4n) is 4.51. The molecule has 2 saturated heterocycles. The van der Waals surface area contributed by atoms with Crippen molar-refractivity contribution in [2.24, 2.45) is 0 Å². The Labute approximate surface area is 176 Å². The van der Waals surface area contributed by atoms with Gasteiger partial charge in [-0.3, -0.25) is 9.59 Å². The third-order valence-electron chi connectivity index (χ3n) is 6.16. The van der Waals surface area contributed by atoms with Crippen LogP contribution in [0.1, 0.15) is 12.0 Å². The number of anilines is 1. The standard InChI is InChI=1S/C23H27N3O4/c1-29-18-8-9-21(30-2)19(14-18)26-22(27)15-20(23(26)28)25-12-10-24(11-13-25)16-17-6-4-3-5-7-17/h3-9,14,20H,10-13,15-16H2,1-2H3/p+2/t20-/m0/s1.